The maximum Gasteiger partial charge on any atom is 0.164 e. The Bertz CT molecular complexity index is 3470. The third-order valence-electron chi connectivity index (χ3n) is 11.1. The molecule has 0 spiro atoms. The molecule has 0 aliphatic heterocycles. The van der Waals surface area contributed by atoms with E-state index < -0.39 is 0 Å². The predicted octanol–water partition coefficient (Wildman–Crippen LogP) is 13.9. The fraction of sp³-hybridized carbons (Fsp3) is 0. The maximum atomic E-state index is 7.07. The average Bonchev–Trinajstić information content (AvgIpc) is 3.97. The summed E-state index contributed by atoms with van der Waals surface area (Å²) < 4.78 is 12.1. The molecule has 0 amide bonds. The lowest BCUT2D eigenvalue weighted by atomic mass is 10.00. The molecule has 0 saturated heterocycles. The smallest absolute Gasteiger partial charge is 0.164 e. The van der Waals surface area contributed by atoms with Crippen molar-refractivity contribution >= 4 is 75.3 Å². The zero-order valence-electron chi connectivity index (χ0n) is 30.4. The Kier molecular flexibility index (Phi) is 7.03. The molecule has 5 nitrogen and oxygen atoms in total. The van der Waals surface area contributed by atoms with Crippen LogP contribution in [0, 0.1) is 0 Å². The molecule has 4 heterocycles. The number of furan rings is 1. The minimum absolute atomic E-state index is 0.614. The highest BCUT2D eigenvalue weighted by atomic mass is 32.1. The summed E-state index contributed by atoms with van der Waals surface area (Å²) in [5, 5.41) is 7.26. The van der Waals surface area contributed by atoms with Crippen molar-refractivity contribution in [2.24, 2.45) is 0 Å². The Labute approximate surface area is 330 Å². The first-order chi connectivity index (χ1) is 28.3. The highest BCUT2D eigenvalue weighted by Gasteiger charge is 2.22. The third kappa shape index (κ3) is 4.98. The number of fused-ring (bicyclic) bond motifs is 10. The molecule has 0 bridgehead atoms. The largest absolute Gasteiger partial charge is 0.453 e. The molecular formula is C51H30N4OS. The van der Waals surface area contributed by atoms with E-state index in [9.17, 15) is 0 Å². The topological polar surface area (TPSA) is 56.7 Å². The van der Waals surface area contributed by atoms with Gasteiger partial charge in [-0.2, -0.15) is 0 Å². The lowest BCUT2D eigenvalue weighted by Gasteiger charge is -2.10. The Morgan fingerprint density at radius 1 is 0.404 bits per heavy atom. The van der Waals surface area contributed by atoms with E-state index in [-0.39, 0.29) is 0 Å². The minimum Gasteiger partial charge on any atom is -0.453 e. The first-order valence-corrected chi connectivity index (χ1v) is 19.8. The Hall–Kier alpha value is -7.41. The van der Waals surface area contributed by atoms with Crippen LogP contribution in [0.2, 0.25) is 0 Å². The molecule has 0 fully saturated rings. The molecule has 0 radical (unpaired) electrons. The van der Waals surface area contributed by atoms with E-state index in [4.69, 9.17) is 19.4 Å². The molecule has 0 aliphatic carbocycles. The lowest BCUT2D eigenvalue weighted by molar-refractivity contribution is 0.667. The summed E-state index contributed by atoms with van der Waals surface area (Å²) in [4.78, 5) is 14.9. The molecule has 12 aromatic rings. The molecule has 57 heavy (non-hydrogen) atoms. The van der Waals surface area contributed by atoms with Crippen molar-refractivity contribution in [2.45, 2.75) is 0 Å². The van der Waals surface area contributed by atoms with E-state index in [2.05, 4.69) is 126 Å². The highest BCUT2D eigenvalue weighted by Crippen LogP contribution is 2.45. The van der Waals surface area contributed by atoms with E-state index in [1.165, 1.54) is 36.5 Å². The predicted molar refractivity (Wildman–Crippen MR) is 236 cm³/mol. The zero-order valence-corrected chi connectivity index (χ0v) is 31.2. The second-order valence-electron chi connectivity index (χ2n) is 14.3. The number of thiophene rings is 1. The summed E-state index contributed by atoms with van der Waals surface area (Å²) in [6.45, 7) is 0. The summed E-state index contributed by atoms with van der Waals surface area (Å²) in [6, 6.07) is 63.5. The van der Waals surface area contributed by atoms with Crippen molar-refractivity contribution in [1.82, 2.24) is 19.5 Å². The number of rotatable bonds is 5. The molecular weight excluding hydrogens is 717 g/mol. The molecule has 0 saturated carbocycles. The van der Waals surface area contributed by atoms with Crippen molar-refractivity contribution in [1.29, 1.82) is 0 Å². The quantitative estimate of drug-likeness (QED) is 0.176. The molecule has 8 aromatic carbocycles. The van der Waals surface area contributed by atoms with Crippen LogP contribution in [0.4, 0.5) is 0 Å². The zero-order chi connectivity index (χ0) is 37.5. The summed E-state index contributed by atoms with van der Waals surface area (Å²) >= 11 is 1.87. The van der Waals surface area contributed by atoms with Crippen LogP contribution in [-0.4, -0.2) is 19.5 Å². The van der Waals surface area contributed by atoms with Gasteiger partial charge in [0.25, 0.3) is 0 Å². The number of hydrogen-bond donors (Lipinski definition) is 0. The van der Waals surface area contributed by atoms with Crippen molar-refractivity contribution in [3.8, 4) is 51.0 Å². The number of benzene rings is 8. The van der Waals surface area contributed by atoms with Crippen LogP contribution in [0.15, 0.2) is 186 Å². The van der Waals surface area contributed by atoms with Gasteiger partial charge in [0.15, 0.2) is 23.1 Å². The van der Waals surface area contributed by atoms with E-state index in [1.54, 1.807) is 0 Å². The van der Waals surface area contributed by atoms with Crippen LogP contribution in [0.1, 0.15) is 0 Å². The number of para-hydroxylation sites is 3. The van der Waals surface area contributed by atoms with Crippen LogP contribution in [0.25, 0.3) is 115 Å². The van der Waals surface area contributed by atoms with Gasteiger partial charge >= 0.3 is 0 Å². The molecule has 266 valence electrons. The summed E-state index contributed by atoms with van der Waals surface area (Å²) in [5.74, 6) is 1.88. The lowest BCUT2D eigenvalue weighted by Crippen LogP contribution is -2.00. The average molecular weight is 747 g/mol. The van der Waals surface area contributed by atoms with E-state index in [0.717, 1.165) is 61.0 Å². The van der Waals surface area contributed by atoms with Crippen LogP contribution in [-0.2, 0) is 0 Å². The molecule has 12 rings (SSSR count). The fourth-order valence-electron chi connectivity index (χ4n) is 8.47. The van der Waals surface area contributed by atoms with E-state index >= 15 is 0 Å². The molecule has 0 unspecified atom stereocenters. The number of hydrogen-bond acceptors (Lipinski definition) is 5. The van der Waals surface area contributed by atoms with Crippen LogP contribution in [0.5, 0.6) is 0 Å². The maximum absolute atomic E-state index is 7.07. The van der Waals surface area contributed by atoms with Gasteiger partial charge in [0.1, 0.15) is 5.58 Å². The summed E-state index contributed by atoms with van der Waals surface area (Å²) in [5.41, 5.74) is 9.83. The molecule has 0 atom stereocenters. The molecule has 6 heteroatoms. The van der Waals surface area contributed by atoms with Gasteiger partial charge in [0.2, 0.25) is 0 Å². The first kappa shape index (κ1) is 31.9. The van der Waals surface area contributed by atoms with Crippen molar-refractivity contribution in [2.75, 3.05) is 0 Å². The summed E-state index contributed by atoms with van der Waals surface area (Å²) in [7, 11) is 0. The van der Waals surface area contributed by atoms with Crippen molar-refractivity contribution < 1.29 is 4.42 Å². The standard InChI is InChI=1S/C51H30N4OS/c1-3-14-31(15-4-1)49-52-50(32-16-5-2-6-17-32)54-51(53-49)34-19-11-18-33(30-34)35-22-12-23-37-38-24-13-26-43(47(38)56-46(35)37)55-41-25-9-7-21-40(41)45-42(55)29-28-39-36-20-8-10-27-44(36)57-48(39)45/h1-30H. The van der Waals surface area contributed by atoms with Gasteiger partial charge in [0, 0.05) is 64.0 Å². The fourth-order valence-corrected chi connectivity index (χ4v) is 9.73. The van der Waals surface area contributed by atoms with Crippen molar-refractivity contribution in [3.05, 3.63) is 182 Å². The van der Waals surface area contributed by atoms with E-state index in [1.807, 2.05) is 72.0 Å². The third-order valence-corrected chi connectivity index (χ3v) is 12.3. The van der Waals surface area contributed by atoms with Gasteiger partial charge in [-0.1, -0.05) is 152 Å². The van der Waals surface area contributed by atoms with Gasteiger partial charge in [-0.15, -0.1) is 11.3 Å². The normalized spacial score (nSPS) is 11.9. The van der Waals surface area contributed by atoms with E-state index in [0.29, 0.717) is 17.5 Å². The van der Waals surface area contributed by atoms with Crippen LogP contribution >= 0.6 is 11.3 Å². The number of aromatic nitrogens is 4. The monoisotopic (exact) mass is 746 g/mol. The first-order valence-electron chi connectivity index (χ1n) is 19.0. The number of nitrogens with zero attached hydrogens (tertiary/aromatic N) is 4. The Morgan fingerprint density at radius 2 is 0.982 bits per heavy atom. The second-order valence-corrected chi connectivity index (χ2v) is 15.4. The van der Waals surface area contributed by atoms with Gasteiger partial charge < -0.3 is 8.98 Å². The van der Waals surface area contributed by atoms with Gasteiger partial charge in [-0.3, -0.25) is 0 Å². The van der Waals surface area contributed by atoms with Gasteiger partial charge in [-0.05, 0) is 35.9 Å². The Morgan fingerprint density at radius 3 is 1.75 bits per heavy atom. The molecule has 0 aliphatic rings. The molecule has 0 N–H and O–H groups in total. The van der Waals surface area contributed by atoms with Crippen molar-refractivity contribution in [3.63, 3.8) is 0 Å². The minimum atomic E-state index is 0.614. The Balaban J connectivity index is 1.04. The van der Waals surface area contributed by atoms with Gasteiger partial charge in [-0.25, -0.2) is 15.0 Å². The summed E-state index contributed by atoms with van der Waals surface area (Å²) in [6.07, 6.45) is 0. The van der Waals surface area contributed by atoms with Gasteiger partial charge in [0.05, 0.1) is 16.7 Å². The molecule has 4 aromatic heterocycles. The van der Waals surface area contributed by atoms with Crippen LogP contribution in [0.3, 0.4) is 0 Å². The second kappa shape index (κ2) is 12.6. The SMILES string of the molecule is c1ccc(-c2nc(-c3ccccc3)nc(-c3cccc(-c4cccc5c4oc4c(-n6c7ccccc7c7c8sc9ccccc9c8ccc76)cccc45)c3)n2)cc1. The highest BCUT2D eigenvalue weighted by molar-refractivity contribution is 7.26. The van der Waals surface area contributed by atoms with Crippen LogP contribution < -0.4 is 0 Å².